The van der Waals surface area contributed by atoms with Gasteiger partial charge in [-0.25, -0.2) is 15.4 Å². The van der Waals surface area contributed by atoms with E-state index in [-0.39, 0.29) is 12.5 Å². The topological polar surface area (TPSA) is 110 Å². The first-order valence-corrected chi connectivity index (χ1v) is 11.2. The molecule has 8 nitrogen and oxygen atoms in total. The molecule has 1 unspecified atom stereocenters. The Bertz CT molecular complexity index is 1370. The van der Waals surface area contributed by atoms with Crippen LogP contribution in [0.1, 0.15) is 43.6 Å². The quantitative estimate of drug-likeness (QED) is 0.142. The minimum absolute atomic E-state index is 0.0498. The Morgan fingerprint density at radius 2 is 2.00 bits per heavy atom. The van der Waals surface area contributed by atoms with Gasteiger partial charge in [-0.15, -0.1) is 0 Å². The predicted octanol–water partition coefficient (Wildman–Crippen LogP) is 5.10. The van der Waals surface area contributed by atoms with Gasteiger partial charge in [0, 0.05) is 30.3 Å². The van der Waals surface area contributed by atoms with Gasteiger partial charge in [0.05, 0.1) is 18.2 Å². The number of hydroxylamine groups is 1. The van der Waals surface area contributed by atoms with Gasteiger partial charge in [0.25, 0.3) is 0 Å². The SMILES string of the molecule is COc1cc2ncnc(NC(C)c3ccccc3)c2cc1-c1ccc(C#CCCCC(=O)NO)o1. The molecule has 8 heteroatoms. The van der Waals surface area contributed by atoms with Gasteiger partial charge < -0.3 is 14.5 Å². The number of rotatable bonds is 8. The van der Waals surface area contributed by atoms with Gasteiger partial charge in [0.15, 0.2) is 5.76 Å². The van der Waals surface area contributed by atoms with E-state index in [1.807, 2.05) is 36.4 Å². The van der Waals surface area contributed by atoms with Crippen LogP contribution in [0.2, 0.25) is 0 Å². The fraction of sp³-hybridized carbons (Fsp3) is 0.222. The van der Waals surface area contributed by atoms with Gasteiger partial charge in [0.2, 0.25) is 5.91 Å². The molecule has 1 amide bonds. The molecular weight excluding hydrogens is 444 g/mol. The summed E-state index contributed by atoms with van der Waals surface area (Å²) < 4.78 is 11.6. The maximum atomic E-state index is 11.1. The molecule has 0 aliphatic carbocycles. The number of nitrogens with one attached hydrogen (secondary N) is 2. The van der Waals surface area contributed by atoms with Crippen LogP contribution in [0.5, 0.6) is 5.75 Å². The van der Waals surface area contributed by atoms with Crippen LogP contribution in [-0.2, 0) is 4.79 Å². The molecule has 2 heterocycles. The van der Waals surface area contributed by atoms with Crippen molar-refractivity contribution in [1.29, 1.82) is 0 Å². The average molecular weight is 471 g/mol. The zero-order chi connectivity index (χ0) is 24.6. The van der Waals surface area contributed by atoms with Crippen LogP contribution in [-0.4, -0.2) is 28.2 Å². The van der Waals surface area contributed by atoms with Crippen LogP contribution in [0.3, 0.4) is 0 Å². The number of nitrogens with zero attached hydrogens (tertiary/aromatic N) is 2. The number of hydrogen-bond donors (Lipinski definition) is 3. The Balaban J connectivity index is 1.60. The van der Waals surface area contributed by atoms with Crippen LogP contribution in [0.4, 0.5) is 5.82 Å². The Kier molecular flexibility index (Phi) is 7.60. The minimum Gasteiger partial charge on any atom is -0.496 e. The van der Waals surface area contributed by atoms with E-state index in [0.717, 1.165) is 22.0 Å². The summed E-state index contributed by atoms with van der Waals surface area (Å²) in [6.45, 7) is 2.08. The zero-order valence-electron chi connectivity index (χ0n) is 19.5. The smallest absolute Gasteiger partial charge is 0.243 e. The molecule has 3 N–H and O–H groups in total. The third kappa shape index (κ3) is 5.78. The van der Waals surface area contributed by atoms with Crippen molar-refractivity contribution in [3.63, 3.8) is 0 Å². The fourth-order valence-corrected chi connectivity index (χ4v) is 3.68. The second-order valence-electron chi connectivity index (χ2n) is 7.92. The summed E-state index contributed by atoms with van der Waals surface area (Å²) >= 11 is 0. The number of carbonyl (C=O) groups excluding carboxylic acids is 1. The molecule has 0 radical (unpaired) electrons. The van der Waals surface area contributed by atoms with E-state index in [9.17, 15) is 4.79 Å². The number of furan rings is 1. The maximum Gasteiger partial charge on any atom is 0.243 e. The maximum absolute atomic E-state index is 11.1. The molecule has 0 aliphatic heterocycles. The molecule has 1 atom stereocenters. The number of ether oxygens (including phenoxy) is 1. The van der Waals surface area contributed by atoms with Gasteiger partial charge in [-0.1, -0.05) is 36.3 Å². The van der Waals surface area contributed by atoms with Crippen molar-refractivity contribution in [3.05, 3.63) is 72.2 Å². The van der Waals surface area contributed by atoms with E-state index < -0.39 is 5.91 Å². The predicted molar refractivity (Wildman–Crippen MR) is 133 cm³/mol. The van der Waals surface area contributed by atoms with Gasteiger partial charge in [-0.2, -0.15) is 0 Å². The molecule has 0 fully saturated rings. The summed E-state index contributed by atoms with van der Waals surface area (Å²) in [6.07, 6.45) is 2.80. The summed E-state index contributed by atoms with van der Waals surface area (Å²) in [5, 5.41) is 12.9. The van der Waals surface area contributed by atoms with E-state index >= 15 is 0 Å². The summed E-state index contributed by atoms with van der Waals surface area (Å²) in [5.41, 5.74) is 4.28. The number of hydrogen-bond acceptors (Lipinski definition) is 7. The van der Waals surface area contributed by atoms with Crippen molar-refractivity contribution in [2.45, 2.75) is 32.2 Å². The molecule has 0 saturated carbocycles. The Morgan fingerprint density at radius 1 is 1.17 bits per heavy atom. The first kappa shape index (κ1) is 23.8. The largest absolute Gasteiger partial charge is 0.496 e. The van der Waals surface area contributed by atoms with E-state index in [2.05, 4.69) is 46.2 Å². The number of anilines is 1. The van der Waals surface area contributed by atoms with E-state index in [0.29, 0.717) is 35.9 Å². The number of carbonyl (C=O) groups is 1. The van der Waals surface area contributed by atoms with Crippen LogP contribution in [0, 0.1) is 11.8 Å². The van der Waals surface area contributed by atoms with Gasteiger partial charge in [-0.3, -0.25) is 10.0 Å². The van der Waals surface area contributed by atoms with Crippen molar-refractivity contribution < 1.29 is 19.2 Å². The first-order chi connectivity index (χ1) is 17.1. The normalized spacial score (nSPS) is 11.4. The lowest BCUT2D eigenvalue weighted by Crippen LogP contribution is -2.17. The summed E-state index contributed by atoms with van der Waals surface area (Å²) in [7, 11) is 1.61. The third-order valence-corrected chi connectivity index (χ3v) is 5.52. The molecule has 2 aromatic heterocycles. The number of unbranched alkanes of at least 4 members (excludes halogenated alkanes) is 1. The summed E-state index contributed by atoms with van der Waals surface area (Å²) in [6, 6.07) is 17.7. The highest BCUT2D eigenvalue weighted by atomic mass is 16.5. The molecule has 0 spiro atoms. The highest BCUT2D eigenvalue weighted by molar-refractivity contribution is 5.94. The second-order valence-corrected chi connectivity index (χ2v) is 7.92. The Labute approximate surface area is 203 Å². The van der Waals surface area contributed by atoms with Crippen molar-refractivity contribution in [2.24, 2.45) is 0 Å². The fourth-order valence-electron chi connectivity index (χ4n) is 3.68. The Hall–Kier alpha value is -4.35. The lowest BCUT2D eigenvalue weighted by atomic mass is 10.1. The molecular formula is C27H26N4O4. The van der Waals surface area contributed by atoms with E-state index in [1.165, 1.54) is 6.33 Å². The number of methoxy groups -OCH3 is 1. The number of benzene rings is 2. The molecule has 0 saturated heterocycles. The van der Waals surface area contributed by atoms with Crippen molar-refractivity contribution in [1.82, 2.24) is 15.4 Å². The Morgan fingerprint density at radius 3 is 2.77 bits per heavy atom. The highest BCUT2D eigenvalue weighted by Gasteiger charge is 2.16. The third-order valence-electron chi connectivity index (χ3n) is 5.52. The van der Waals surface area contributed by atoms with E-state index in [4.69, 9.17) is 14.4 Å². The minimum atomic E-state index is -0.425. The van der Waals surface area contributed by atoms with Crippen molar-refractivity contribution in [2.75, 3.05) is 12.4 Å². The molecule has 0 aliphatic rings. The standard InChI is InChI=1S/C27H26N4O4/c1-18(19-9-5-3-6-10-19)30-27-21-15-22(25(34-2)16-23(21)28-17-29-27)24-14-13-20(35-24)11-7-4-8-12-26(32)31-33/h3,5-6,9-10,13-18,33H,4,8,12H2,1-2H3,(H,31,32)(H,28,29,30). The second kappa shape index (κ2) is 11.2. The molecule has 4 aromatic rings. The highest BCUT2D eigenvalue weighted by Crippen LogP contribution is 2.36. The van der Waals surface area contributed by atoms with E-state index in [1.54, 1.807) is 18.7 Å². The monoisotopic (exact) mass is 470 g/mol. The van der Waals surface area contributed by atoms with Gasteiger partial charge in [-0.05, 0) is 43.0 Å². The van der Waals surface area contributed by atoms with Crippen LogP contribution in [0.15, 0.2) is 65.3 Å². The van der Waals surface area contributed by atoms with Gasteiger partial charge in [0.1, 0.15) is 23.7 Å². The van der Waals surface area contributed by atoms with Crippen LogP contribution in [0.25, 0.3) is 22.2 Å². The summed E-state index contributed by atoms with van der Waals surface area (Å²) in [4.78, 5) is 20.0. The summed E-state index contributed by atoms with van der Waals surface area (Å²) in [5.74, 6) is 7.99. The average Bonchev–Trinajstić information content (AvgIpc) is 3.37. The number of aromatic nitrogens is 2. The van der Waals surface area contributed by atoms with Gasteiger partial charge >= 0.3 is 0 Å². The zero-order valence-corrected chi connectivity index (χ0v) is 19.5. The van der Waals surface area contributed by atoms with Crippen molar-refractivity contribution in [3.8, 4) is 28.9 Å². The molecule has 4 rings (SSSR count). The van der Waals surface area contributed by atoms with Crippen molar-refractivity contribution >= 4 is 22.6 Å². The molecule has 35 heavy (non-hydrogen) atoms. The first-order valence-electron chi connectivity index (χ1n) is 11.2. The molecule has 2 aromatic carbocycles. The molecule has 178 valence electrons. The lowest BCUT2D eigenvalue weighted by Gasteiger charge is -2.17. The molecule has 0 bridgehead atoms. The number of fused-ring (bicyclic) bond motifs is 1. The lowest BCUT2D eigenvalue weighted by molar-refractivity contribution is -0.129. The van der Waals surface area contributed by atoms with Crippen LogP contribution < -0.4 is 15.5 Å². The number of amides is 1. The van der Waals surface area contributed by atoms with Crippen LogP contribution >= 0.6 is 0 Å².